The topological polar surface area (TPSA) is 77.2 Å². The number of benzene rings is 1. The maximum absolute atomic E-state index is 13.3. The van der Waals surface area contributed by atoms with Crippen molar-refractivity contribution < 1.29 is 27.6 Å². The lowest BCUT2D eigenvalue weighted by atomic mass is 9.63. The number of hydrogen-bond donors (Lipinski definition) is 1. The number of fused-ring (bicyclic) bond motifs is 3. The van der Waals surface area contributed by atoms with Crippen molar-refractivity contribution in [2.45, 2.75) is 25.4 Å². The number of primary amides is 1. The molecule has 4 nitrogen and oxygen atoms in total. The van der Waals surface area contributed by atoms with Gasteiger partial charge in [-0.3, -0.25) is 14.4 Å². The number of hydrogen-bond acceptors (Lipinski definition) is 3. The summed E-state index contributed by atoms with van der Waals surface area (Å²) in [5.74, 6) is -3.40. The first kappa shape index (κ1) is 17.7. The average Bonchev–Trinajstić information content (AvgIpc) is 2.60. The van der Waals surface area contributed by atoms with E-state index in [-0.39, 0.29) is 29.3 Å². The lowest BCUT2D eigenvalue weighted by Crippen LogP contribution is -2.42. The standard InChI is InChI=1S/C20H16F3NO3/c21-20(22,23)16-3-1-2-9-4-10-7-14-13(6-11(10)5-12(9)16)17(25)8-15(18(14)26)19(24)27/h1-3,7-8,11,13-14H,4-6H2,(H2,24,27). The number of ketones is 2. The Morgan fingerprint density at radius 2 is 1.93 bits per heavy atom. The number of rotatable bonds is 1. The number of Topliss-reactive ketones (excluding diaryl/α,β-unsaturated/α-hetero) is 1. The zero-order chi connectivity index (χ0) is 19.5. The van der Waals surface area contributed by atoms with E-state index in [1.165, 1.54) is 6.07 Å². The maximum Gasteiger partial charge on any atom is 0.416 e. The molecule has 0 spiro atoms. The van der Waals surface area contributed by atoms with Crippen molar-refractivity contribution in [3.8, 4) is 0 Å². The van der Waals surface area contributed by atoms with Crippen molar-refractivity contribution in [3.63, 3.8) is 0 Å². The lowest BCUT2D eigenvalue weighted by Gasteiger charge is -2.39. The molecule has 1 amide bonds. The molecule has 3 unspecified atom stereocenters. The predicted molar refractivity (Wildman–Crippen MR) is 89.3 cm³/mol. The van der Waals surface area contributed by atoms with Crippen molar-refractivity contribution in [1.82, 2.24) is 0 Å². The number of nitrogens with two attached hydrogens (primary N) is 1. The van der Waals surface area contributed by atoms with Crippen molar-refractivity contribution in [2.24, 2.45) is 23.5 Å². The molecule has 140 valence electrons. The van der Waals surface area contributed by atoms with Crippen molar-refractivity contribution in [2.75, 3.05) is 0 Å². The molecule has 7 heteroatoms. The molecule has 3 aliphatic rings. The van der Waals surface area contributed by atoms with Crippen LogP contribution in [0.25, 0.3) is 0 Å². The van der Waals surface area contributed by atoms with Crippen LogP contribution in [0.4, 0.5) is 13.2 Å². The smallest absolute Gasteiger partial charge is 0.365 e. The molecule has 27 heavy (non-hydrogen) atoms. The van der Waals surface area contributed by atoms with Gasteiger partial charge in [0.1, 0.15) is 0 Å². The monoisotopic (exact) mass is 375 g/mol. The van der Waals surface area contributed by atoms with Gasteiger partial charge in [-0.25, -0.2) is 0 Å². The molecule has 0 aliphatic heterocycles. The Balaban J connectivity index is 1.74. The SMILES string of the molecule is NC(=O)C1=CC(=O)C2CC3Cc4c(cccc4C(F)(F)F)CC3=CC2C1=O. The second kappa shape index (κ2) is 5.90. The number of carbonyl (C=O) groups excluding carboxylic acids is 3. The van der Waals surface area contributed by atoms with Crippen LogP contribution in [0.5, 0.6) is 0 Å². The fourth-order valence-corrected chi connectivity index (χ4v) is 4.52. The fraction of sp³-hybridized carbons (Fsp3) is 0.350. The molecule has 3 atom stereocenters. The van der Waals surface area contributed by atoms with E-state index in [1.54, 1.807) is 12.1 Å². The highest BCUT2D eigenvalue weighted by molar-refractivity contribution is 6.26. The Labute approximate surface area is 152 Å². The minimum Gasteiger partial charge on any atom is -0.365 e. The summed E-state index contributed by atoms with van der Waals surface area (Å²) in [5, 5.41) is 0. The maximum atomic E-state index is 13.3. The summed E-state index contributed by atoms with van der Waals surface area (Å²) in [5.41, 5.74) is 5.97. The van der Waals surface area contributed by atoms with Gasteiger partial charge in [-0.2, -0.15) is 13.2 Å². The second-order valence-electron chi connectivity index (χ2n) is 7.32. The summed E-state index contributed by atoms with van der Waals surface area (Å²) in [6.45, 7) is 0. The van der Waals surface area contributed by atoms with Gasteiger partial charge in [0.15, 0.2) is 11.6 Å². The van der Waals surface area contributed by atoms with Crippen LogP contribution in [0, 0.1) is 17.8 Å². The Bertz CT molecular complexity index is 942. The Hall–Kier alpha value is -2.70. The third-order valence-corrected chi connectivity index (χ3v) is 5.80. The van der Waals surface area contributed by atoms with E-state index in [1.807, 2.05) is 0 Å². The molecule has 1 aromatic rings. The zero-order valence-electron chi connectivity index (χ0n) is 14.2. The van der Waals surface area contributed by atoms with E-state index < -0.39 is 35.3 Å². The van der Waals surface area contributed by atoms with Crippen LogP contribution in [0.15, 0.2) is 41.5 Å². The first-order chi connectivity index (χ1) is 12.7. The molecular formula is C20H16F3NO3. The first-order valence-electron chi connectivity index (χ1n) is 8.65. The van der Waals surface area contributed by atoms with E-state index in [0.717, 1.165) is 17.7 Å². The number of halogens is 3. The van der Waals surface area contributed by atoms with Gasteiger partial charge < -0.3 is 5.73 Å². The summed E-state index contributed by atoms with van der Waals surface area (Å²) in [6, 6.07) is 4.13. The molecule has 4 rings (SSSR count). The van der Waals surface area contributed by atoms with Crippen molar-refractivity contribution >= 4 is 17.5 Å². The van der Waals surface area contributed by atoms with Gasteiger partial charge in [-0.15, -0.1) is 0 Å². The Morgan fingerprint density at radius 1 is 1.19 bits per heavy atom. The molecule has 0 saturated carbocycles. The molecule has 2 N–H and O–H groups in total. The van der Waals surface area contributed by atoms with Gasteiger partial charge in [0.05, 0.1) is 17.1 Å². The molecule has 3 aliphatic carbocycles. The summed E-state index contributed by atoms with van der Waals surface area (Å²) >= 11 is 0. The molecular weight excluding hydrogens is 359 g/mol. The molecule has 0 radical (unpaired) electrons. The molecule has 0 bridgehead atoms. The Kier molecular flexibility index (Phi) is 3.87. The Morgan fingerprint density at radius 3 is 2.59 bits per heavy atom. The quantitative estimate of drug-likeness (QED) is 0.605. The van der Waals surface area contributed by atoms with Gasteiger partial charge in [-0.1, -0.05) is 23.8 Å². The highest BCUT2D eigenvalue weighted by atomic mass is 19.4. The summed E-state index contributed by atoms with van der Waals surface area (Å²) < 4.78 is 40.0. The van der Waals surface area contributed by atoms with Gasteiger partial charge in [0, 0.05) is 5.92 Å². The van der Waals surface area contributed by atoms with Crippen LogP contribution < -0.4 is 5.73 Å². The average molecular weight is 375 g/mol. The van der Waals surface area contributed by atoms with E-state index in [9.17, 15) is 27.6 Å². The minimum absolute atomic E-state index is 0.188. The number of alkyl halides is 3. The van der Waals surface area contributed by atoms with E-state index >= 15 is 0 Å². The minimum atomic E-state index is -4.43. The normalized spacial score (nSPS) is 27.1. The van der Waals surface area contributed by atoms with Crippen molar-refractivity contribution in [3.05, 3.63) is 58.2 Å². The van der Waals surface area contributed by atoms with Crippen molar-refractivity contribution in [1.29, 1.82) is 0 Å². The molecule has 0 aromatic heterocycles. The molecule has 1 aromatic carbocycles. The van der Waals surface area contributed by atoms with Crippen LogP contribution in [0.3, 0.4) is 0 Å². The number of carbonyl (C=O) groups is 3. The third kappa shape index (κ3) is 2.81. The second-order valence-corrected chi connectivity index (χ2v) is 7.32. The molecule has 0 fully saturated rings. The summed E-state index contributed by atoms with van der Waals surface area (Å²) in [7, 11) is 0. The van der Waals surface area contributed by atoms with Crippen LogP contribution in [-0.2, 0) is 33.4 Å². The van der Waals surface area contributed by atoms with E-state index in [2.05, 4.69) is 0 Å². The van der Waals surface area contributed by atoms with E-state index in [4.69, 9.17) is 5.73 Å². The van der Waals surface area contributed by atoms with E-state index in [0.29, 0.717) is 18.4 Å². The zero-order valence-corrected chi connectivity index (χ0v) is 14.2. The fourth-order valence-electron chi connectivity index (χ4n) is 4.52. The lowest BCUT2D eigenvalue weighted by molar-refractivity contribution is -0.138. The van der Waals surface area contributed by atoms with Gasteiger partial charge in [-0.05, 0) is 48.4 Å². The van der Waals surface area contributed by atoms with Crippen LogP contribution in [-0.4, -0.2) is 17.5 Å². The summed E-state index contributed by atoms with van der Waals surface area (Å²) in [4.78, 5) is 36.3. The highest BCUT2D eigenvalue weighted by Crippen LogP contribution is 2.45. The highest BCUT2D eigenvalue weighted by Gasteiger charge is 2.45. The molecule has 0 heterocycles. The van der Waals surface area contributed by atoms with Gasteiger partial charge in [0.2, 0.25) is 0 Å². The van der Waals surface area contributed by atoms with Crippen LogP contribution >= 0.6 is 0 Å². The predicted octanol–water partition coefficient (Wildman–Crippen LogP) is 2.55. The molecule has 0 saturated heterocycles. The van der Waals surface area contributed by atoms with Crippen LogP contribution in [0.1, 0.15) is 23.1 Å². The largest absolute Gasteiger partial charge is 0.416 e. The van der Waals surface area contributed by atoms with Gasteiger partial charge in [0.25, 0.3) is 5.91 Å². The third-order valence-electron chi connectivity index (χ3n) is 5.80. The summed E-state index contributed by atoms with van der Waals surface area (Å²) in [6.07, 6.45) is -0.965. The number of allylic oxidation sites excluding steroid dienone is 3. The van der Waals surface area contributed by atoms with Gasteiger partial charge >= 0.3 is 6.18 Å². The number of amides is 1. The first-order valence-corrected chi connectivity index (χ1v) is 8.65. The van der Waals surface area contributed by atoms with Crippen LogP contribution in [0.2, 0.25) is 0 Å².